The van der Waals surface area contributed by atoms with Crippen molar-refractivity contribution >= 4 is 0 Å². The van der Waals surface area contributed by atoms with Crippen molar-refractivity contribution < 1.29 is 0 Å². The number of hydrogen-bond donors (Lipinski definition) is 1. The molecule has 1 N–H and O–H groups in total. The first-order valence-corrected chi connectivity index (χ1v) is 7.47. The molecular formula is C14H25N5. The van der Waals surface area contributed by atoms with Crippen molar-refractivity contribution in [1.29, 1.82) is 0 Å². The summed E-state index contributed by atoms with van der Waals surface area (Å²) in [5, 5.41) is 7.87. The Labute approximate surface area is 115 Å². The van der Waals surface area contributed by atoms with Gasteiger partial charge in [0, 0.05) is 19.6 Å². The topological polar surface area (TPSA) is 46.0 Å². The summed E-state index contributed by atoms with van der Waals surface area (Å²) in [4.78, 5) is 6.99. The Balaban J connectivity index is 1.61. The molecule has 3 rings (SSSR count). The minimum Gasteiger partial charge on any atom is -0.316 e. The van der Waals surface area contributed by atoms with Crippen molar-refractivity contribution in [2.45, 2.75) is 39.8 Å². The molecule has 0 aliphatic carbocycles. The van der Waals surface area contributed by atoms with Crippen LogP contribution < -0.4 is 5.32 Å². The molecule has 2 fully saturated rings. The fourth-order valence-corrected chi connectivity index (χ4v) is 3.42. The third-order valence-electron chi connectivity index (χ3n) is 4.45. The van der Waals surface area contributed by atoms with E-state index in [0.717, 1.165) is 18.9 Å². The van der Waals surface area contributed by atoms with Crippen molar-refractivity contribution in [2.75, 3.05) is 26.2 Å². The molecular weight excluding hydrogens is 238 g/mol. The van der Waals surface area contributed by atoms with E-state index >= 15 is 0 Å². The van der Waals surface area contributed by atoms with Gasteiger partial charge in [-0.25, -0.2) is 9.67 Å². The van der Waals surface area contributed by atoms with Crippen LogP contribution in [0.4, 0.5) is 0 Å². The molecule has 2 aliphatic heterocycles. The Morgan fingerprint density at radius 2 is 2.32 bits per heavy atom. The highest BCUT2D eigenvalue weighted by molar-refractivity contribution is 4.97. The Bertz CT molecular complexity index is 419. The van der Waals surface area contributed by atoms with Crippen molar-refractivity contribution in [1.82, 2.24) is 25.0 Å². The summed E-state index contributed by atoms with van der Waals surface area (Å²) in [6, 6.07) is 0. The minimum atomic E-state index is 0.545. The van der Waals surface area contributed by atoms with Crippen LogP contribution in [0.5, 0.6) is 0 Å². The van der Waals surface area contributed by atoms with E-state index in [1.54, 1.807) is 6.33 Å². The van der Waals surface area contributed by atoms with Crippen LogP contribution in [0.25, 0.3) is 0 Å². The fourth-order valence-electron chi connectivity index (χ4n) is 3.42. The van der Waals surface area contributed by atoms with Crippen molar-refractivity contribution in [3.05, 3.63) is 12.2 Å². The molecule has 2 aliphatic rings. The first-order chi connectivity index (χ1) is 9.17. The zero-order chi connectivity index (χ0) is 13.3. The Morgan fingerprint density at radius 3 is 3.05 bits per heavy atom. The summed E-state index contributed by atoms with van der Waals surface area (Å²) in [5.41, 5.74) is 0.545. The number of nitrogens with zero attached hydrogens (tertiary/aromatic N) is 4. The highest BCUT2D eigenvalue weighted by Crippen LogP contribution is 2.36. The molecule has 0 saturated carbocycles. The lowest BCUT2D eigenvalue weighted by Gasteiger charge is -2.22. The van der Waals surface area contributed by atoms with Crippen molar-refractivity contribution in [2.24, 2.45) is 11.3 Å². The molecule has 1 aromatic rings. The van der Waals surface area contributed by atoms with Crippen LogP contribution in [0.3, 0.4) is 0 Å². The highest BCUT2D eigenvalue weighted by Gasteiger charge is 2.40. The van der Waals surface area contributed by atoms with Gasteiger partial charge in [-0.15, -0.1) is 0 Å². The van der Waals surface area contributed by atoms with Crippen LogP contribution in [-0.2, 0) is 13.1 Å². The lowest BCUT2D eigenvalue weighted by Crippen LogP contribution is -2.29. The average molecular weight is 263 g/mol. The summed E-state index contributed by atoms with van der Waals surface area (Å²) in [6.07, 6.45) is 4.36. The van der Waals surface area contributed by atoms with Crippen LogP contribution in [-0.4, -0.2) is 45.8 Å². The maximum atomic E-state index is 4.44. The van der Waals surface area contributed by atoms with E-state index < -0.39 is 0 Å². The molecule has 5 heteroatoms. The maximum Gasteiger partial charge on any atom is 0.141 e. The van der Waals surface area contributed by atoms with Gasteiger partial charge in [0.2, 0.25) is 0 Å². The minimum absolute atomic E-state index is 0.545. The molecule has 3 heterocycles. The van der Waals surface area contributed by atoms with Crippen LogP contribution in [0.15, 0.2) is 6.33 Å². The number of hydrogen-bond acceptors (Lipinski definition) is 4. The normalized spacial score (nSPS) is 27.9. The number of rotatable bonds is 4. The molecule has 0 radical (unpaired) electrons. The summed E-state index contributed by atoms with van der Waals surface area (Å²) in [7, 11) is 0. The molecule has 1 aromatic heterocycles. The molecule has 1 atom stereocenters. The average Bonchev–Trinajstić information content (AvgIpc) is 3.06. The van der Waals surface area contributed by atoms with Crippen LogP contribution in [0, 0.1) is 11.3 Å². The Kier molecular flexibility index (Phi) is 3.58. The molecule has 1 spiro atoms. The number of nitrogens with one attached hydrogen (secondary N) is 1. The van der Waals surface area contributed by atoms with Gasteiger partial charge in [-0.3, -0.25) is 4.90 Å². The summed E-state index contributed by atoms with van der Waals surface area (Å²) in [6.45, 7) is 11.2. The highest BCUT2D eigenvalue weighted by atomic mass is 15.4. The second-order valence-corrected chi connectivity index (χ2v) is 6.64. The molecule has 106 valence electrons. The van der Waals surface area contributed by atoms with Gasteiger partial charge in [0.25, 0.3) is 0 Å². The van der Waals surface area contributed by atoms with Gasteiger partial charge < -0.3 is 5.32 Å². The quantitative estimate of drug-likeness (QED) is 0.884. The summed E-state index contributed by atoms with van der Waals surface area (Å²) < 4.78 is 2.07. The second kappa shape index (κ2) is 5.21. The van der Waals surface area contributed by atoms with E-state index in [1.165, 1.54) is 39.0 Å². The third kappa shape index (κ3) is 2.82. The predicted molar refractivity (Wildman–Crippen MR) is 74.7 cm³/mol. The van der Waals surface area contributed by atoms with Gasteiger partial charge in [0.15, 0.2) is 0 Å². The van der Waals surface area contributed by atoms with Gasteiger partial charge in [0.1, 0.15) is 12.2 Å². The van der Waals surface area contributed by atoms with E-state index in [9.17, 15) is 0 Å². The maximum absolute atomic E-state index is 4.44. The second-order valence-electron chi connectivity index (χ2n) is 6.64. The standard InChI is InChI=1S/C14H25N5/c1-12(2)7-19-13(16-11-17-19)8-18-6-4-14(10-18)3-5-15-9-14/h11-12,15H,3-10H2,1-2H3. The molecule has 0 bridgehead atoms. The predicted octanol–water partition coefficient (Wildman–Crippen LogP) is 1.12. The van der Waals surface area contributed by atoms with Gasteiger partial charge in [-0.1, -0.05) is 13.8 Å². The Morgan fingerprint density at radius 1 is 1.42 bits per heavy atom. The van der Waals surface area contributed by atoms with Crippen molar-refractivity contribution in [3.63, 3.8) is 0 Å². The monoisotopic (exact) mass is 263 g/mol. The van der Waals surface area contributed by atoms with E-state index in [4.69, 9.17) is 0 Å². The molecule has 5 nitrogen and oxygen atoms in total. The largest absolute Gasteiger partial charge is 0.316 e. The van der Waals surface area contributed by atoms with Gasteiger partial charge in [0.05, 0.1) is 6.54 Å². The van der Waals surface area contributed by atoms with Crippen LogP contribution in [0.2, 0.25) is 0 Å². The lowest BCUT2D eigenvalue weighted by atomic mass is 9.87. The van der Waals surface area contributed by atoms with E-state index in [0.29, 0.717) is 11.3 Å². The number of aromatic nitrogens is 3. The molecule has 19 heavy (non-hydrogen) atoms. The molecule has 0 amide bonds. The third-order valence-corrected chi connectivity index (χ3v) is 4.45. The first-order valence-electron chi connectivity index (χ1n) is 7.47. The van der Waals surface area contributed by atoms with E-state index in [2.05, 4.69) is 38.8 Å². The lowest BCUT2D eigenvalue weighted by molar-refractivity contribution is 0.258. The van der Waals surface area contributed by atoms with Gasteiger partial charge in [-0.2, -0.15) is 5.10 Å². The number of likely N-dealkylation sites (tertiary alicyclic amines) is 1. The van der Waals surface area contributed by atoms with Gasteiger partial charge >= 0.3 is 0 Å². The van der Waals surface area contributed by atoms with Crippen molar-refractivity contribution in [3.8, 4) is 0 Å². The molecule has 2 saturated heterocycles. The summed E-state index contributed by atoms with van der Waals surface area (Å²) in [5.74, 6) is 1.74. The Hall–Kier alpha value is -0.940. The van der Waals surface area contributed by atoms with E-state index in [-0.39, 0.29) is 0 Å². The smallest absolute Gasteiger partial charge is 0.141 e. The van der Waals surface area contributed by atoms with Crippen LogP contribution in [0.1, 0.15) is 32.5 Å². The fraction of sp³-hybridized carbons (Fsp3) is 0.857. The zero-order valence-corrected chi connectivity index (χ0v) is 12.1. The molecule has 0 aromatic carbocycles. The first kappa shape index (κ1) is 13.1. The van der Waals surface area contributed by atoms with E-state index in [1.807, 2.05) is 0 Å². The van der Waals surface area contributed by atoms with Gasteiger partial charge in [-0.05, 0) is 37.3 Å². The zero-order valence-electron chi connectivity index (χ0n) is 12.1. The SMILES string of the molecule is CC(C)Cn1ncnc1CN1CCC2(CCNC2)C1. The van der Waals surface area contributed by atoms with Crippen LogP contribution >= 0.6 is 0 Å². The summed E-state index contributed by atoms with van der Waals surface area (Å²) >= 11 is 0. The molecule has 1 unspecified atom stereocenters.